The number of carbonyl (C=O) groups is 2. The number of primary amides is 1. The lowest BCUT2D eigenvalue weighted by Crippen LogP contribution is -2.20. The molecule has 0 fully saturated rings. The normalized spacial score (nSPS) is 10.1. The topological polar surface area (TPSA) is 72.2 Å². The van der Waals surface area contributed by atoms with E-state index in [9.17, 15) is 18.4 Å². The van der Waals surface area contributed by atoms with E-state index in [-0.39, 0.29) is 11.3 Å². The van der Waals surface area contributed by atoms with E-state index in [4.69, 9.17) is 5.73 Å². The van der Waals surface area contributed by atoms with Crippen LogP contribution in [-0.4, -0.2) is 18.2 Å². The molecule has 0 radical (unpaired) electrons. The van der Waals surface area contributed by atoms with Gasteiger partial charge < -0.3 is 11.1 Å². The van der Waals surface area contributed by atoms with Gasteiger partial charge in [0.05, 0.1) is 0 Å². The smallest absolute Gasteiger partial charge is 0.315 e. The molecule has 0 saturated heterocycles. The Bertz CT molecular complexity index is 393. The third kappa shape index (κ3) is 3.01. The number of rotatable bonds is 3. The highest BCUT2D eigenvalue weighted by Crippen LogP contribution is 2.11. The van der Waals surface area contributed by atoms with Crippen LogP contribution >= 0.6 is 0 Å². The maximum atomic E-state index is 11.9. The van der Waals surface area contributed by atoms with Gasteiger partial charge in [0.25, 0.3) is 5.91 Å². The van der Waals surface area contributed by atoms with Crippen molar-refractivity contribution in [3.05, 3.63) is 29.8 Å². The van der Waals surface area contributed by atoms with Crippen LogP contribution < -0.4 is 11.1 Å². The summed E-state index contributed by atoms with van der Waals surface area (Å²) in [4.78, 5) is 21.4. The van der Waals surface area contributed by atoms with Gasteiger partial charge in [-0.25, -0.2) is 0 Å². The third-order valence-corrected chi connectivity index (χ3v) is 1.61. The lowest BCUT2D eigenvalue weighted by Gasteiger charge is -2.04. The minimum atomic E-state index is -3.10. The van der Waals surface area contributed by atoms with E-state index < -0.39 is 18.2 Å². The molecular weight excluding hydrogens is 206 g/mol. The molecule has 0 saturated carbocycles. The van der Waals surface area contributed by atoms with Gasteiger partial charge in [0, 0.05) is 11.3 Å². The predicted octanol–water partition coefficient (Wildman–Crippen LogP) is 0.989. The Morgan fingerprint density at radius 3 is 2.53 bits per heavy atom. The molecule has 0 bridgehead atoms. The van der Waals surface area contributed by atoms with E-state index in [1.165, 1.54) is 24.3 Å². The van der Waals surface area contributed by atoms with Gasteiger partial charge in [-0.2, -0.15) is 8.78 Å². The van der Waals surface area contributed by atoms with Crippen molar-refractivity contribution in [2.24, 2.45) is 5.73 Å². The van der Waals surface area contributed by atoms with E-state index in [1.54, 1.807) is 0 Å². The summed E-state index contributed by atoms with van der Waals surface area (Å²) in [6, 6.07) is 5.46. The highest BCUT2D eigenvalue weighted by molar-refractivity contribution is 5.97. The first-order valence-electron chi connectivity index (χ1n) is 3.99. The standard InChI is InChI=1S/C9H8F2N2O2/c10-7(11)9(15)13-6-3-1-2-5(4-6)8(12)14/h1-4,7H,(H2,12,14)(H,13,15). The summed E-state index contributed by atoms with van der Waals surface area (Å²) in [5.41, 5.74) is 5.22. The molecule has 4 nitrogen and oxygen atoms in total. The number of alkyl halides is 2. The number of nitrogens with two attached hydrogens (primary N) is 1. The molecule has 1 aromatic carbocycles. The van der Waals surface area contributed by atoms with Crippen molar-refractivity contribution in [3.8, 4) is 0 Å². The van der Waals surface area contributed by atoms with Crippen LogP contribution in [0.3, 0.4) is 0 Å². The summed E-state index contributed by atoms with van der Waals surface area (Å²) >= 11 is 0. The number of halogens is 2. The Hall–Kier alpha value is -1.98. The van der Waals surface area contributed by atoms with Crippen LogP contribution in [0.4, 0.5) is 14.5 Å². The molecule has 1 rings (SSSR count). The minimum absolute atomic E-state index is 0.108. The summed E-state index contributed by atoms with van der Waals surface area (Å²) < 4.78 is 23.7. The van der Waals surface area contributed by atoms with Crippen LogP contribution in [0.25, 0.3) is 0 Å². The molecule has 15 heavy (non-hydrogen) atoms. The molecule has 0 aromatic heterocycles. The summed E-state index contributed by atoms with van der Waals surface area (Å²) in [5.74, 6) is -2.11. The average Bonchev–Trinajstić information content (AvgIpc) is 2.18. The second-order valence-corrected chi connectivity index (χ2v) is 2.74. The molecule has 1 aromatic rings. The van der Waals surface area contributed by atoms with Gasteiger partial charge in [0.1, 0.15) is 0 Å². The summed E-state index contributed by atoms with van der Waals surface area (Å²) in [5, 5.41) is 1.94. The van der Waals surface area contributed by atoms with E-state index in [2.05, 4.69) is 0 Å². The molecule has 0 aliphatic heterocycles. The fraction of sp³-hybridized carbons (Fsp3) is 0.111. The Morgan fingerprint density at radius 1 is 1.33 bits per heavy atom. The molecular formula is C9H8F2N2O2. The van der Waals surface area contributed by atoms with Crippen LogP contribution in [-0.2, 0) is 4.79 Å². The van der Waals surface area contributed by atoms with Gasteiger partial charge in [0.2, 0.25) is 5.91 Å². The van der Waals surface area contributed by atoms with Crippen molar-refractivity contribution in [1.82, 2.24) is 0 Å². The Kier molecular flexibility index (Phi) is 3.33. The van der Waals surface area contributed by atoms with Gasteiger partial charge in [-0.3, -0.25) is 9.59 Å². The SMILES string of the molecule is NC(=O)c1cccc(NC(=O)C(F)F)c1. The quantitative estimate of drug-likeness (QED) is 0.787. The Labute approximate surface area is 84.1 Å². The largest absolute Gasteiger partial charge is 0.366 e. The lowest BCUT2D eigenvalue weighted by molar-refractivity contribution is -0.126. The maximum absolute atomic E-state index is 11.9. The van der Waals surface area contributed by atoms with Crippen LogP contribution in [0, 0.1) is 0 Å². The zero-order valence-corrected chi connectivity index (χ0v) is 7.54. The second-order valence-electron chi connectivity index (χ2n) is 2.74. The number of amides is 2. The zero-order valence-electron chi connectivity index (χ0n) is 7.54. The molecule has 0 spiro atoms. The third-order valence-electron chi connectivity index (χ3n) is 1.61. The first kappa shape index (κ1) is 11.1. The Morgan fingerprint density at radius 2 is 2.00 bits per heavy atom. The van der Waals surface area contributed by atoms with Gasteiger partial charge in [-0.05, 0) is 18.2 Å². The average molecular weight is 214 g/mol. The van der Waals surface area contributed by atoms with Crippen LogP contribution in [0.5, 0.6) is 0 Å². The maximum Gasteiger partial charge on any atom is 0.315 e. The van der Waals surface area contributed by atoms with E-state index >= 15 is 0 Å². The van der Waals surface area contributed by atoms with Crippen molar-refractivity contribution in [1.29, 1.82) is 0 Å². The molecule has 80 valence electrons. The summed E-state index contributed by atoms with van der Waals surface area (Å²) in [6.07, 6.45) is -3.10. The monoisotopic (exact) mass is 214 g/mol. The van der Waals surface area contributed by atoms with Gasteiger partial charge in [-0.1, -0.05) is 6.07 Å². The molecule has 2 amide bonds. The highest BCUT2D eigenvalue weighted by Gasteiger charge is 2.15. The Balaban J connectivity index is 2.83. The van der Waals surface area contributed by atoms with Crippen molar-refractivity contribution in [2.45, 2.75) is 6.43 Å². The molecule has 0 aliphatic carbocycles. The number of hydrogen-bond donors (Lipinski definition) is 2. The van der Waals surface area contributed by atoms with Gasteiger partial charge in [0.15, 0.2) is 0 Å². The number of hydrogen-bond acceptors (Lipinski definition) is 2. The number of benzene rings is 1. The van der Waals surface area contributed by atoms with Crippen LogP contribution in [0.2, 0.25) is 0 Å². The fourth-order valence-electron chi connectivity index (χ4n) is 0.947. The van der Waals surface area contributed by atoms with Crippen LogP contribution in [0.15, 0.2) is 24.3 Å². The minimum Gasteiger partial charge on any atom is -0.366 e. The van der Waals surface area contributed by atoms with E-state index in [1.807, 2.05) is 5.32 Å². The molecule has 0 unspecified atom stereocenters. The van der Waals surface area contributed by atoms with Gasteiger partial charge >= 0.3 is 6.43 Å². The summed E-state index contributed by atoms with van der Waals surface area (Å²) in [7, 11) is 0. The number of anilines is 1. The fourth-order valence-corrected chi connectivity index (χ4v) is 0.947. The highest BCUT2D eigenvalue weighted by atomic mass is 19.3. The zero-order chi connectivity index (χ0) is 11.4. The van der Waals surface area contributed by atoms with Gasteiger partial charge in [-0.15, -0.1) is 0 Å². The second kappa shape index (κ2) is 4.50. The summed E-state index contributed by atoms with van der Waals surface area (Å²) in [6.45, 7) is 0. The van der Waals surface area contributed by atoms with Crippen molar-refractivity contribution >= 4 is 17.5 Å². The first-order valence-corrected chi connectivity index (χ1v) is 3.99. The van der Waals surface area contributed by atoms with E-state index in [0.717, 1.165) is 0 Å². The molecule has 0 aliphatic rings. The molecule has 0 atom stereocenters. The van der Waals surface area contributed by atoms with Crippen molar-refractivity contribution in [3.63, 3.8) is 0 Å². The molecule has 3 N–H and O–H groups in total. The van der Waals surface area contributed by atoms with Crippen LogP contribution in [0.1, 0.15) is 10.4 Å². The molecule has 0 heterocycles. The van der Waals surface area contributed by atoms with E-state index in [0.29, 0.717) is 0 Å². The molecule has 6 heteroatoms. The predicted molar refractivity (Wildman–Crippen MR) is 49.6 cm³/mol. The van der Waals surface area contributed by atoms with Crippen molar-refractivity contribution in [2.75, 3.05) is 5.32 Å². The number of carbonyl (C=O) groups excluding carboxylic acids is 2. The van der Waals surface area contributed by atoms with Crippen molar-refractivity contribution < 1.29 is 18.4 Å². The first-order chi connectivity index (χ1) is 7.00. The number of nitrogens with one attached hydrogen (secondary N) is 1. The lowest BCUT2D eigenvalue weighted by atomic mass is 10.2.